The predicted molar refractivity (Wildman–Crippen MR) is 34.6 cm³/mol. The van der Waals surface area contributed by atoms with Crippen molar-refractivity contribution in [1.29, 1.82) is 0 Å². The van der Waals surface area contributed by atoms with E-state index in [-0.39, 0.29) is 5.66 Å². The quantitative estimate of drug-likeness (QED) is 0.586. The zero-order valence-electron chi connectivity index (χ0n) is 5.63. The fourth-order valence-corrected chi connectivity index (χ4v) is 0.550. The molecule has 0 aliphatic heterocycles. The lowest BCUT2D eigenvalue weighted by molar-refractivity contribution is 0.368. The summed E-state index contributed by atoms with van der Waals surface area (Å²) in [5.41, 5.74) is 5.31. The average Bonchev–Trinajstić information content (AvgIpc) is 2.08. The van der Waals surface area contributed by atoms with E-state index in [0.29, 0.717) is 0 Å². The molecule has 0 saturated carbocycles. The summed E-state index contributed by atoms with van der Waals surface area (Å²) >= 11 is 0. The van der Waals surface area contributed by atoms with E-state index in [1.165, 1.54) is 0 Å². The molecule has 0 aliphatic rings. The molecule has 3 heteroatoms. The van der Waals surface area contributed by atoms with Crippen molar-refractivity contribution in [2.45, 2.75) is 19.5 Å². The summed E-state index contributed by atoms with van der Waals surface area (Å²) in [6.45, 7) is 3.79. The minimum atomic E-state index is -0.378. The zero-order chi connectivity index (χ0) is 6.91. The predicted octanol–water partition coefficient (Wildman–Crippen LogP) is 0.335. The van der Waals surface area contributed by atoms with Gasteiger partial charge in [-0.1, -0.05) is 0 Å². The number of nitrogens with zero attached hydrogens (tertiary/aromatic N) is 2. The fraction of sp³-hybridized carbons (Fsp3) is 0.500. The lowest BCUT2D eigenvalue weighted by atomic mass is 10.3. The monoisotopic (exact) mass is 124 g/mol. The Labute approximate surface area is 54.5 Å². The van der Waals surface area contributed by atoms with Crippen molar-refractivity contribution < 1.29 is 0 Å². The van der Waals surface area contributed by atoms with E-state index in [1.807, 2.05) is 13.8 Å². The molecular formula is C6H10N3. The zero-order valence-corrected chi connectivity index (χ0v) is 5.63. The third-order valence-corrected chi connectivity index (χ3v) is 1.08. The van der Waals surface area contributed by atoms with Crippen molar-refractivity contribution in [3.05, 3.63) is 18.7 Å². The topological polar surface area (TPSA) is 43.8 Å². The maximum absolute atomic E-state index is 5.69. The first kappa shape index (κ1) is 6.29. The normalized spacial score (nSPS) is 11.9. The van der Waals surface area contributed by atoms with Gasteiger partial charge in [0.2, 0.25) is 0 Å². The Bertz CT molecular complexity index is 171. The van der Waals surface area contributed by atoms with E-state index in [2.05, 4.69) is 11.3 Å². The summed E-state index contributed by atoms with van der Waals surface area (Å²) in [5.74, 6) is 0. The van der Waals surface area contributed by atoms with Gasteiger partial charge in [-0.2, -0.15) is 0 Å². The van der Waals surface area contributed by atoms with E-state index in [9.17, 15) is 0 Å². The molecule has 0 bridgehead atoms. The number of aromatic nitrogens is 2. The van der Waals surface area contributed by atoms with E-state index in [4.69, 9.17) is 5.73 Å². The molecular weight excluding hydrogens is 114 g/mol. The molecule has 0 saturated heterocycles. The van der Waals surface area contributed by atoms with Crippen LogP contribution in [0.5, 0.6) is 0 Å². The van der Waals surface area contributed by atoms with Gasteiger partial charge in [-0.25, -0.2) is 4.98 Å². The second-order valence-electron chi connectivity index (χ2n) is 2.55. The highest BCUT2D eigenvalue weighted by molar-refractivity contribution is 4.80. The van der Waals surface area contributed by atoms with Crippen LogP contribution in [-0.2, 0) is 5.66 Å². The van der Waals surface area contributed by atoms with Crippen LogP contribution in [0.3, 0.4) is 0 Å². The Morgan fingerprint density at radius 1 is 1.67 bits per heavy atom. The van der Waals surface area contributed by atoms with Gasteiger partial charge in [-0.3, -0.25) is 0 Å². The van der Waals surface area contributed by atoms with Gasteiger partial charge in [-0.15, -0.1) is 0 Å². The van der Waals surface area contributed by atoms with Crippen LogP contribution in [0, 0.1) is 6.33 Å². The van der Waals surface area contributed by atoms with Crippen LogP contribution in [0.4, 0.5) is 0 Å². The van der Waals surface area contributed by atoms with Gasteiger partial charge >= 0.3 is 0 Å². The smallest absolute Gasteiger partial charge is 0.178 e. The second kappa shape index (κ2) is 1.84. The van der Waals surface area contributed by atoms with E-state index >= 15 is 0 Å². The van der Waals surface area contributed by atoms with Gasteiger partial charge in [0.15, 0.2) is 6.33 Å². The fourth-order valence-electron chi connectivity index (χ4n) is 0.550. The molecule has 1 aromatic heterocycles. The number of imidazole rings is 1. The van der Waals surface area contributed by atoms with Crippen LogP contribution in [0.2, 0.25) is 0 Å². The van der Waals surface area contributed by atoms with Gasteiger partial charge in [0, 0.05) is 12.4 Å². The first-order valence-corrected chi connectivity index (χ1v) is 2.81. The third-order valence-electron chi connectivity index (χ3n) is 1.08. The van der Waals surface area contributed by atoms with E-state index in [0.717, 1.165) is 0 Å². The summed E-state index contributed by atoms with van der Waals surface area (Å²) in [7, 11) is 0. The van der Waals surface area contributed by atoms with Crippen molar-refractivity contribution in [2.75, 3.05) is 0 Å². The molecule has 0 spiro atoms. The Morgan fingerprint density at radius 2 is 2.33 bits per heavy atom. The Morgan fingerprint density at radius 3 is 2.56 bits per heavy atom. The molecule has 1 rings (SSSR count). The molecule has 0 atom stereocenters. The average molecular weight is 124 g/mol. The van der Waals surface area contributed by atoms with Crippen molar-refractivity contribution in [2.24, 2.45) is 5.73 Å². The maximum atomic E-state index is 5.69. The molecule has 1 radical (unpaired) electrons. The SMILES string of the molecule is CC(C)(N)n1[c]ncc1. The van der Waals surface area contributed by atoms with Gasteiger partial charge < -0.3 is 10.3 Å². The second-order valence-corrected chi connectivity index (χ2v) is 2.55. The lowest BCUT2D eigenvalue weighted by Crippen LogP contribution is -2.35. The largest absolute Gasteiger partial charge is 0.310 e. The van der Waals surface area contributed by atoms with Crippen LogP contribution in [-0.4, -0.2) is 9.55 Å². The highest BCUT2D eigenvalue weighted by Gasteiger charge is 2.10. The number of rotatable bonds is 1. The Balaban J connectivity index is 2.90. The number of nitrogens with two attached hydrogens (primary N) is 1. The molecule has 0 fully saturated rings. The molecule has 0 aliphatic carbocycles. The van der Waals surface area contributed by atoms with E-state index < -0.39 is 0 Å². The lowest BCUT2D eigenvalue weighted by Gasteiger charge is -2.18. The third kappa shape index (κ3) is 1.29. The van der Waals surface area contributed by atoms with Crippen molar-refractivity contribution in [3.63, 3.8) is 0 Å². The maximum Gasteiger partial charge on any atom is 0.178 e. The molecule has 2 N–H and O–H groups in total. The summed E-state index contributed by atoms with van der Waals surface area (Å²) in [4.78, 5) is 3.75. The minimum absolute atomic E-state index is 0.378. The first-order chi connectivity index (χ1) is 4.11. The number of hydrogen-bond acceptors (Lipinski definition) is 2. The molecule has 1 aromatic rings. The Kier molecular flexibility index (Phi) is 1.29. The van der Waals surface area contributed by atoms with Gasteiger partial charge in [0.05, 0.1) is 5.66 Å². The van der Waals surface area contributed by atoms with Crippen LogP contribution in [0.1, 0.15) is 13.8 Å². The van der Waals surface area contributed by atoms with Crippen molar-refractivity contribution in [1.82, 2.24) is 9.55 Å². The molecule has 49 valence electrons. The Hall–Kier alpha value is -0.830. The molecule has 0 unspecified atom stereocenters. The summed E-state index contributed by atoms with van der Waals surface area (Å²) in [6, 6.07) is 0. The minimum Gasteiger partial charge on any atom is -0.310 e. The van der Waals surface area contributed by atoms with Crippen LogP contribution in [0.15, 0.2) is 12.4 Å². The van der Waals surface area contributed by atoms with Gasteiger partial charge in [0.1, 0.15) is 0 Å². The van der Waals surface area contributed by atoms with Crippen LogP contribution >= 0.6 is 0 Å². The molecule has 0 aromatic carbocycles. The highest BCUT2D eigenvalue weighted by Crippen LogP contribution is 2.03. The van der Waals surface area contributed by atoms with Crippen molar-refractivity contribution in [3.8, 4) is 0 Å². The first-order valence-electron chi connectivity index (χ1n) is 2.81. The standard InChI is InChI=1S/C6H10N3/c1-6(2,7)9-4-3-8-5-9/h3-4H,7H2,1-2H3. The van der Waals surface area contributed by atoms with Crippen LogP contribution in [0.25, 0.3) is 0 Å². The van der Waals surface area contributed by atoms with Gasteiger partial charge in [0.25, 0.3) is 0 Å². The summed E-state index contributed by atoms with van der Waals surface area (Å²) in [6.07, 6.45) is 6.17. The molecule has 9 heavy (non-hydrogen) atoms. The molecule has 0 amide bonds. The van der Waals surface area contributed by atoms with Gasteiger partial charge in [-0.05, 0) is 13.8 Å². The molecule has 1 heterocycles. The number of hydrogen-bond donors (Lipinski definition) is 1. The van der Waals surface area contributed by atoms with Crippen LogP contribution < -0.4 is 5.73 Å². The van der Waals surface area contributed by atoms with Crippen molar-refractivity contribution >= 4 is 0 Å². The highest BCUT2D eigenvalue weighted by atomic mass is 15.2. The molecule has 3 nitrogen and oxygen atoms in total. The summed E-state index contributed by atoms with van der Waals surface area (Å²) in [5, 5.41) is 0. The summed E-state index contributed by atoms with van der Waals surface area (Å²) < 4.78 is 1.73. The van der Waals surface area contributed by atoms with E-state index in [1.54, 1.807) is 17.0 Å².